The van der Waals surface area contributed by atoms with Crippen molar-refractivity contribution >= 4 is 50.6 Å². The second kappa shape index (κ2) is 6.55. The largest absolute Gasteiger partial charge is 0.339 e. The third kappa shape index (κ3) is 3.59. The third-order valence-corrected chi connectivity index (χ3v) is 3.71. The molecule has 0 bridgehead atoms. The third-order valence-electron chi connectivity index (χ3n) is 2.58. The first kappa shape index (κ1) is 14.6. The van der Waals surface area contributed by atoms with Crippen molar-refractivity contribution < 1.29 is 0 Å². The van der Waals surface area contributed by atoms with Crippen molar-refractivity contribution in [2.24, 2.45) is 0 Å². The van der Waals surface area contributed by atoms with Gasteiger partial charge in [-0.2, -0.15) is 0 Å². The van der Waals surface area contributed by atoms with Gasteiger partial charge >= 0.3 is 0 Å². The van der Waals surface area contributed by atoms with Crippen molar-refractivity contribution in [2.45, 2.75) is 19.8 Å². The van der Waals surface area contributed by atoms with Crippen LogP contribution in [0.15, 0.2) is 29.0 Å². The zero-order chi connectivity index (χ0) is 13.8. The highest BCUT2D eigenvalue weighted by Crippen LogP contribution is 2.30. The van der Waals surface area contributed by atoms with Gasteiger partial charge in [0.15, 0.2) is 0 Å². The molecule has 1 aromatic carbocycles. The van der Waals surface area contributed by atoms with Crippen molar-refractivity contribution in [3.8, 4) is 0 Å². The van der Waals surface area contributed by atoms with Crippen LogP contribution in [0.3, 0.4) is 0 Å². The average Bonchev–Trinajstić information content (AvgIpc) is 2.37. The zero-order valence-electron chi connectivity index (χ0n) is 10.3. The summed E-state index contributed by atoms with van der Waals surface area (Å²) in [6, 6.07) is 5.63. The lowest BCUT2D eigenvalue weighted by atomic mass is 10.2. The lowest BCUT2D eigenvalue weighted by Gasteiger charge is -2.12. The number of benzene rings is 1. The van der Waals surface area contributed by atoms with Crippen molar-refractivity contribution in [1.29, 1.82) is 0 Å². The first-order valence-corrected chi connectivity index (χ1v) is 7.38. The molecule has 0 aliphatic heterocycles. The second-order valence-corrected chi connectivity index (χ2v) is 5.67. The molecule has 0 atom stereocenters. The van der Waals surface area contributed by atoms with E-state index in [9.17, 15) is 0 Å². The van der Waals surface area contributed by atoms with E-state index in [1.165, 1.54) is 6.33 Å². The summed E-state index contributed by atoms with van der Waals surface area (Å²) < 4.78 is 0.928. The Morgan fingerprint density at radius 1 is 1.26 bits per heavy atom. The van der Waals surface area contributed by atoms with Crippen LogP contribution in [0.25, 0.3) is 0 Å². The maximum atomic E-state index is 6.18. The Morgan fingerprint density at radius 3 is 2.74 bits per heavy atom. The molecule has 2 rings (SSSR count). The molecule has 6 heteroatoms. The first-order chi connectivity index (χ1) is 9.11. The van der Waals surface area contributed by atoms with Gasteiger partial charge < -0.3 is 5.32 Å². The van der Waals surface area contributed by atoms with Gasteiger partial charge in [0.25, 0.3) is 0 Å². The number of hydrogen-bond donors (Lipinski definition) is 1. The first-order valence-electron chi connectivity index (χ1n) is 5.83. The molecule has 0 aliphatic carbocycles. The number of nitrogens with one attached hydrogen (secondary N) is 1. The van der Waals surface area contributed by atoms with E-state index in [0.29, 0.717) is 16.0 Å². The number of anilines is 2. The fourth-order valence-corrected chi connectivity index (χ4v) is 2.64. The molecule has 0 radical (unpaired) electrons. The summed E-state index contributed by atoms with van der Waals surface area (Å²) >= 11 is 15.7. The van der Waals surface area contributed by atoms with Gasteiger partial charge in [-0.3, -0.25) is 0 Å². The number of halogens is 3. The van der Waals surface area contributed by atoms with E-state index < -0.39 is 0 Å². The summed E-state index contributed by atoms with van der Waals surface area (Å²) in [7, 11) is 0. The van der Waals surface area contributed by atoms with Crippen LogP contribution in [-0.2, 0) is 6.42 Å². The minimum Gasteiger partial charge on any atom is -0.339 e. The molecule has 2 aromatic rings. The van der Waals surface area contributed by atoms with Crippen LogP contribution >= 0.6 is 39.1 Å². The Morgan fingerprint density at radius 2 is 2.05 bits per heavy atom. The lowest BCUT2D eigenvalue weighted by molar-refractivity contribution is 0.904. The molecule has 0 unspecified atom stereocenters. The summed E-state index contributed by atoms with van der Waals surface area (Å²) in [5.41, 5.74) is 1.70. The van der Waals surface area contributed by atoms with Crippen LogP contribution < -0.4 is 5.32 Å². The Labute approximate surface area is 130 Å². The standard InChI is InChI=1S/C13H12BrCl2N3/c1-2-3-9-12(16)17-7-18-13(9)19-11-5-4-8(14)6-10(11)15/h4-7H,2-3H2,1H3,(H,17,18,19). The van der Waals surface area contributed by atoms with Gasteiger partial charge in [-0.25, -0.2) is 9.97 Å². The molecule has 3 nitrogen and oxygen atoms in total. The van der Waals surface area contributed by atoms with E-state index >= 15 is 0 Å². The van der Waals surface area contributed by atoms with Crippen LogP contribution in [0, 0.1) is 0 Å². The molecule has 0 aliphatic rings. The van der Waals surface area contributed by atoms with Crippen molar-refractivity contribution in [2.75, 3.05) is 5.32 Å². The Balaban J connectivity index is 2.35. The molecule has 0 amide bonds. The predicted molar refractivity (Wildman–Crippen MR) is 83.5 cm³/mol. The SMILES string of the molecule is CCCc1c(Cl)ncnc1Nc1ccc(Br)cc1Cl. The smallest absolute Gasteiger partial charge is 0.138 e. The average molecular weight is 361 g/mol. The second-order valence-electron chi connectivity index (χ2n) is 3.99. The fourth-order valence-electron chi connectivity index (χ4n) is 1.69. The minimum absolute atomic E-state index is 0.479. The molecule has 1 N–H and O–H groups in total. The summed E-state index contributed by atoms with van der Waals surface area (Å²) in [6.07, 6.45) is 3.22. The normalized spacial score (nSPS) is 10.5. The summed E-state index contributed by atoms with van der Waals surface area (Å²) in [4.78, 5) is 8.25. The maximum Gasteiger partial charge on any atom is 0.138 e. The van der Waals surface area contributed by atoms with E-state index in [-0.39, 0.29) is 0 Å². The molecule has 1 aromatic heterocycles. The van der Waals surface area contributed by atoms with Crippen LogP contribution in [0.5, 0.6) is 0 Å². The van der Waals surface area contributed by atoms with Crippen LogP contribution in [-0.4, -0.2) is 9.97 Å². The molecule has 100 valence electrons. The fraction of sp³-hybridized carbons (Fsp3) is 0.231. The number of aromatic nitrogens is 2. The predicted octanol–water partition coefficient (Wildman–Crippen LogP) is 5.24. The highest BCUT2D eigenvalue weighted by atomic mass is 79.9. The van der Waals surface area contributed by atoms with E-state index in [1.807, 2.05) is 18.2 Å². The zero-order valence-corrected chi connectivity index (χ0v) is 13.3. The highest BCUT2D eigenvalue weighted by molar-refractivity contribution is 9.10. The van der Waals surface area contributed by atoms with E-state index in [1.54, 1.807) is 0 Å². The topological polar surface area (TPSA) is 37.8 Å². The van der Waals surface area contributed by atoms with Gasteiger partial charge in [-0.05, 0) is 24.6 Å². The van der Waals surface area contributed by atoms with E-state index in [0.717, 1.165) is 28.6 Å². The quantitative estimate of drug-likeness (QED) is 0.757. The highest BCUT2D eigenvalue weighted by Gasteiger charge is 2.10. The molecule has 1 heterocycles. The maximum absolute atomic E-state index is 6.18. The van der Waals surface area contributed by atoms with Crippen molar-refractivity contribution in [3.63, 3.8) is 0 Å². The summed E-state index contributed by atoms with van der Waals surface area (Å²) in [5, 5.41) is 4.30. The molecule has 19 heavy (non-hydrogen) atoms. The molecule has 0 fully saturated rings. The number of hydrogen-bond acceptors (Lipinski definition) is 3. The van der Waals surface area contributed by atoms with Gasteiger partial charge in [-0.1, -0.05) is 52.5 Å². The van der Waals surface area contributed by atoms with E-state index in [2.05, 4.69) is 38.1 Å². The van der Waals surface area contributed by atoms with Gasteiger partial charge in [-0.15, -0.1) is 0 Å². The lowest BCUT2D eigenvalue weighted by Crippen LogP contribution is -2.01. The molecule has 0 saturated heterocycles. The molecular formula is C13H12BrCl2N3. The number of rotatable bonds is 4. The summed E-state index contributed by atoms with van der Waals surface area (Å²) in [6.45, 7) is 2.08. The molecular weight excluding hydrogens is 349 g/mol. The minimum atomic E-state index is 0.479. The monoisotopic (exact) mass is 359 g/mol. The van der Waals surface area contributed by atoms with Crippen LogP contribution in [0.4, 0.5) is 11.5 Å². The van der Waals surface area contributed by atoms with Gasteiger partial charge in [0, 0.05) is 10.0 Å². The number of nitrogens with zero attached hydrogens (tertiary/aromatic N) is 2. The Hall–Kier alpha value is -0.840. The molecule has 0 spiro atoms. The van der Waals surface area contributed by atoms with Gasteiger partial charge in [0.05, 0.1) is 10.7 Å². The van der Waals surface area contributed by atoms with Crippen LogP contribution in [0.1, 0.15) is 18.9 Å². The van der Waals surface area contributed by atoms with Crippen molar-refractivity contribution in [3.05, 3.63) is 44.7 Å². The van der Waals surface area contributed by atoms with Gasteiger partial charge in [0.2, 0.25) is 0 Å². The van der Waals surface area contributed by atoms with Crippen LogP contribution in [0.2, 0.25) is 10.2 Å². The summed E-state index contributed by atoms with van der Waals surface area (Å²) in [5.74, 6) is 0.700. The van der Waals surface area contributed by atoms with Crippen molar-refractivity contribution in [1.82, 2.24) is 9.97 Å². The molecule has 0 saturated carbocycles. The van der Waals surface area contributed by atoms with E-state index in [4.69, 9.17) is 23.2 Å². The Kier molecular flexibility index (Phi) is 5.02. The van der Waals surface area contributed by atoms with Gasteiger partial charge in [0.1, 0.15) is 17.3 Å². The Bertz CT molecular complexity index is 590.